The third-order valence-electron chi connectivity index (χ3n) is 3.63. The van der Waals surface area contributed by atoms with Crippen LogP contribution in [0.4, 0.5) is 0 Å². The first-order chi connectivity index (χ1) is 11.2. The van der Waals surface area contributed by atoms with Crippen LogP contribution in [0.1, 0.15) is 15.9 Å². The SMILES string of the molecule is CN(CC1COc2ccccc2O1)C(=O)c1cccc(C#N)c1. The summed E-state index contributed by atoms with van der Waals surface area (Å²) in [5.41, 5.74) is 0.958. The number of benzene rings is 2. The van der Waals surface area contributed by atoms with E-state index in [0.717, 1.165) is 5.75 Å². The van der Waals surface area contributed by atoms with Gasteiger partial charge in [0, 0.05) is 12.6 Å². The van der Waals surface area contributed by atoms with Crippen molar-refractivity contribution in [2.24, 2.45) is 0 Å². The smallest absolute Gasteiger partial charge is 0.253 e. The van der Waals surface area contributed by atoms with Crippen molar-refractivity contribution < 1.29 is 14.3 Å². The van der Waals surface area contributed by atoms with Crippen LogP contribution in [0, 0.1) is 11.3 Å². The molecule has 0 aliphatic carbocycles. The molecule has 1 unspecified atom stereocenters. The van der Waals surface area contributed by atoms with Crippen molar-refractivity contribution >= 4 is 5.91 Å². The summed E-state index contributed by atoms with van der Waals surface area (Å²) >= 11 is 0. The molecule has 2 aromatic carbocycles. The lowest BCUT2D eigenvalue weighted by Gasteiger charge is -2.29. The zero-order valence-corrected chi connectivity index (χ0v) is 12.7. The highest BCUT2D eigenvalue weighted by molar-refractivity contribution is 5.94. The van der Waals surface area contributed by atoms with Crippen molar-refractivity contribution in [1.29, 1.82) is 5.26 Å². The van der Waals surface area contributed by atoms with E-state index in [1.165, 1.54) is 0 Å². The van der Waals surface area contributed by atoms with Gasteiger partial charge in [0.25, 0.3) is 5.91 Å². The molecule has 0 radical (unpaired) electrons. The Bertz CT molecular complexity index is 767. The van der Waals surface area contributed by atoms with Gasteiger partial charge in [-0.1, -0.05) is 18.2 Å². The highest BCUT2D eigenvalue weighted by atomic mass is 16.6. The predicted octanol–water partition coefficient (Wildman–Crippen LogP) is 2.47. The molecular weight excluding hydrogens is 292 g/mol. The number of carbonyl (C=O) groups excluding carboxylic acids is 1. The van der Waals surface area contributed by atoms with Crippen molar-refractivity contribution in [3.8, 4) is 17.6 Å². The Labute approximate surface area is 134 Å². The molecule has 23 heavy (non-hydrogen) atoms. The molecule has 5 nitrogen and oxygen atoms in total. The van der Waals surface area contributed by atoms with Crippen LogP contribution in [-0.4, -0.2) is 37.1 Å². The lowest BCUT2D eigenvalue weighted by molar-refractivity contribution is 0.0521. The number of nitrogens with zero attached hydrogens (tertiary/aromatic N) is 2. The molecule has 0 N–H and O–H groups in total. The Balaban J connectivity index is 1.66. The first kappa shape index (κ1) is 14.9. The summed E-state index contributed by atoms with van der Waals surface area (Å²) in [6, 6.07) is 16.2. The zero-order chi connectivity index (χ0) is 16.2. The average Bonchev–Trinajstić information content (AvgIpc) is 2.61. The van der Waals surface area contributed by atoms with Crippen molar-refractivity contribution in [3.05, 3.63) is 59.7 Å². The van der Waals surface area contributed by atoms with Crippen molar-refractivity contribution in [2.75, 3.05) is 20.2 Å². The number of para-hydroxylation sites is 2. The molecule has 0 aromatic heterocycles. The summed E-state index contributed by atoms with van der Waals surface area (Å²) in [7, 11) is 1.71. The van der Waals surface area contributed by atoms with Crippen LogP contribution in [0.5, 0.6) is 11.5 Å². The van der Waals surface area contributed by atoms with Gasteiger partial charge in [0.05, 0.1) is 18.2 Å². The molecule has 0 spiro atoms. The average molecular weight is 308 g/mol. The molecule has 0 saturated carbocycles. The third-order valence-corrected chi connectivity index (χ3v) is 3.63. The van der Waals surface area contributed by atoms with Gasteiger partial charge < -0.3 is 14.4 Å². The minimum Gasteiger partial charge on any atom is -0.486 e. The van der Waals surface area contributed by atoms with E-state index in [1.54, 1.807) is 36.2 Å². The highest BCUT2D eigenvalue weighted by Gasteiger charge is 2.24. The van der Waals surface area contributed by atoms with Gasteiger partial charge in [-0.3, -0.25) is 4.79 Å². The van der Waals surface area contributed by atoms with Gasteiger partial charge in [0.2, 0.25) is 0 Å². The quantitative estimate of drug-likeness (QED) is 0.874. The molecule has 1 aliphatic rings. The van der Waals surface area contributed by atoms with Gasteiger partial charge in [-0.15, -0.1) is 0 Å². The van der Waals surface area contributed by atoms with E-state index in [1.807, 2.05) is 30.3 Å². The Morgan fingerprint density at radius 1 is 1.26 bits per heavy atom. The van der Waals surface area contributed by atoms with E-state index >= 15 is 0 Å². The molecule has 0 bridgehead atoms. The second-order valence-electron chi connectivity index (χ2n) is 5.38. The van der Waals surface area contributed by atoms with Crippen LogP contribution in [0.25, 0.3) is 0 Å². The molecule has 1 atom stereocenters. The Hall–Kier alpha value is -3.00. The fraction of sp³-hybridized carbons (Fsp3) is 0.222. The van der Waals surface area contributed by atoms with Crippen LogP contribution >= 0.6 is 0 Å². The summed E-state index contributed by atoms with van der Waals surface area (Å²) in [6.45, 7) is 0.802. The number of fused-ring (bicyclic) bond motifs is 1. The van der Waals surface area contributed by atoms with E-state index in [-0.39, 0.29) is 12.0 Å². The highest BCUT2D eigenvalue weighted by Crippen LogP contribution is 2.31. The van der Waals surface area contributed by atoms with Gasteiger partial charge in [-0.05, 0) is 30.3 Å². The maximum absolute atomic E-state index is 12.5. The number of likely N-dealkylation sites (N-methyl/N-ethyl adjacent to an activating group) is 1. The van der Waals surface area contributed by atoms with Crippen molar-refractivity contribution in [1.82, 2.24) is 4.90 Å². The molecule has 1 amide bonds. The maximum Gasteiger partial charge on any atom is 0.253 e. The first-order valence-electron chi connectivity index (χ1n) is 7.31. The second-order valence-corrected chi connectivity index (χ2v) is 5.38. The Morgan fingerprint density at radius 2 is 2.04 bits per heavy atom. The second kappa shape index (κ2) is 6.41. The van der Waals surface area contributed by atoms with Crippen LogP contribution in [0.15, 0.2) is 48.5 Å². The van der Waals surface area contributed by atoms with Gasteiger partial charge >= 0.3 is 0 Å². The standard InChI is InChI=1S/C18H16N2O3/c1-20(18(21)14-6-4-5-13(9-14)10-19)11-15-12-22-16-7-2-3-8-17(16)23-15/h2-9,15H,11-12H2,1H3. The first-order valence-corrected chi connectivity index (χ1v) is 7.31. The monoisotopic (exact) mass is 308 g/mol. The number of ether oxygens (including phenoxy) is 2. The minimum absolute atomic E-state index is 0.149. The van der Waals surface area contributed by atoms with E-state index < -0.39 is 0 Å². The largest absolute Gasteiger partial charge is 0.486 e. The van der Waals surface area contributed by atoms with Crippen LogP contribution in [0.2, 0.25) is 0 Å². The molecule has 1 aliphatic heterocycles. The van der Waals surface area contributed by atoms with Crippen LogP contribution in [-0.2, 0) is 0 Å². The summed E-state index contributed by atoms with van der Waals surface area (Å²) in [5, 5.41) is 8.93. The fourth-order valence-electron chi connectivity index (χ4n) is 2.48. The lowest BCUT2D eigenvalue weighted by atomic mass is 10.1. The topological polar surface area (TPSA) is 62.6 Å². The molecule has 116 valence electrons. The normalized spacial score (nSPS) is 15.6. The summed E-state index contributed by atoms with van der Waals surface area (Å²) in [4.78, 5) is 14.0. The third kappa shape index (κ3) is 3.27. The number of nitriles is 1. The van der Waals surface area contributed by atoms with Gasteiger partial charge in [0.15, 0.2) is 17.6 Å². The van der Waals surface area contributed by atoms with Crippen molar-refractivity contribution in [3.63, 3.8) is 0 Å². The number of amides is 1. The van der Waals surface area contributed by atoms with Crippen LogP contribution < -0.4 is 9.47 Å². The lowest BCUT2D eigenvalue weighted by Crippen LogP contribution is -2.41. The fourth-order valence-corrected chi connectivity index (χ4v) is 2.48. The molecule has 2 aromatic rings. The van der Waals surface area contributed by atoms with Gasteiger partial charge in [-0.2, -0.15) is 5.26 Å². The summed E-state index contributed by atoms with van der Waals surface area (Å²) in [6.07, 6.45) is -0.224. The van der Waals surface area contributed by atoms with Gasteiger partial charge in [0.1, 0.15) is 6.61 Å². The number of hydrogen-bond acceptors (Lipinski definition) is 4. The predicted molar refractivity (Wildman–Crippen MR) is 84.5 cm³/mol. The molecule has 1 heterocycles. The number of hydrogen-bond donors (Lipinski definition) is 0. The van der Waals surface area contributed by atoms with Crippen molar-refractivity contribution in [2.45, 2.75) is 6.10 Å². The molecule has 0 fully saturated rings. The maximum atomic E-state index is 12.5. The molecule has 5 heteroatoms. The Kier molecular flexibility index (Phi) is 4.15. The molecular formula is C18H16N2O3. The zero-order valence-electron chi connectivity index (χ0n) is 12.7. The van der Waals surface area contributed by atoms with E-state index in [2.05, 4.69) is 0 Å². The van der Waals surface area contributed by atoms with E-state index in [0.29, 0.717) is 30.0 Å². The minimum atomic E-state index is -0.224. The summed E-state index contributed by atoms with van der Waals surface area (Å²) < 4.78 is 11.5. The van der Waals surface area contributed by atoms with E-state index in [4.69, 9.17) is 14.7 Å². The summed E-state index contributed by atoms with van der Waals surface area (Å²) in [5.74, 6) is 1.26. The number of carbonyl (C=O) groups is 1. The number of rotatable bonds is 3. The molecule has 0 saturated heterocycles. The van der Waals surface area contributed by atoms with Crippen LogP contribution in [0.3, 0.4) is 0 Å². The molecule has 3 rings (SSSR count). The van der Waals surface area contributed by atoms with Gasteiger partial charge in [-0.25, -0.2) is 0 Å². The Morgan fingerprint density at radius 3 is 2.83 bits per heavy atom. The van der Waals surface area contributed by atoms with E-state index in [9.17, 15) is 4.79 Å².